The molecule has 0 saturated heterocycles. The zero-order chi connectivity index (χ0) is 17.9. The fraction of sp³-hybridized carbons (Fsp3) is 0.0625. The maximum absolute atomic E-state index is 13.2. The summed E-state index contributed by atoms with van der Waals surface area (Å²) in [4.78, 5) is 3.66. The van der Waals surface area contributed by atoms with E-state index in [1.165, 1.54) is 11.3 Å². The predicted octanol–water partition coefficient (Wildman–Crippen LogP) is 3.69. The number of aromatic nitrogens is 1. The first kappa shape index (κ1) is 17.5. The van der Waals surface area contributed by atoms with Crippen molar-refractivity contribution in [2.45, 2.75) is 11.4 Å². The van der Waals surface area contributed by atoms with Crippen molar-refractivity contribution in [3.63, 3.8) is 0 Å². The zero-order valence-corrected chi connectivity index (χ0v) is 14.3. The van der Waals surface area contributed by atoms with Gasteiger partial charge in [0.25, 0.3) is 5.19 Å². The van der Waals surface area contributed by atoms with Crippen molar-refractivity contribution >= 4 is 21.4 Å². The molecule has 9 heteroatoms. The highest BCUT2D eigenvalue weighted by atomic mass is 32.2. The first-order chi connectivity index (χ1) is 11.9. The number of ether oxygens (including phenoxy) is 1. The Morgan fingerprint density at radius 2 is 1.84 bits per heavy atom. The van der Waals surface area contributed by atoms with Crippen LogP contribution >= 0.6 is 11.3 Å². The van der Waals surface area contributed by atoms with Crippen molar-refractivity contribution in [1.82, 2.24) is 9.71 Å². The largest absolute Gasteiger partial charge is 0.431 e. The Bertz CT molecular complexity index is 960. The highest BCUT2D eigenvalue weighted by Crippen LogP contribution is 2.23. The van der Waals surface area contributed by atoms with Gasteiger partial charge in [0.15, 0.2) is 11.6 Å². The van der Waals surface area contributed by atoms with Gasteiger partial charge in [0.1, 0.15) is 5.75 Å². The Morgan fingerprint density at radius 1 is 1.08 bits per heavy atom. The van der Waals surface area contributed by atoms with Crippen LogP contribution in [0.1, 0.15) is 5.56 Å². The summed E-state index contributed by atoms with van der Waals surface area (Å²) in [5, 5.41) is 2.29. The Balaban J connectivity index is 1.65. The van der Waals surface area contributed by atoms with Gasteiger partial charge in [-0.2, -0.15) is 0 Å². The minimum Gasteiger partial charge on any atom is -0.431 e. The highest BCUT2D eigenvalue weighted by Gasteiger charge is 2.16. The molecule has 3 aromatic rings. The van der Waals surface area contributed by atoms with Gasteiger partial charge in [-0.15, -0.1) is 0 Å². The van der Waals surface area contributed by atoms with Gasteiger partial charge in [-0.1, -0.05) is 23.5 Å². The summed E-state index contributed by atoms with van der Waals surface area (Å²) in [7, 11) is -3.95. The summed E-state index contributed by atoms with van der Waals surface area (Å²) in [6.45, 7) is -0.00113. The van der Waals surface area contributed by atoms with Crippen LogP contribution in [0.2, 0.25) is 0 Å². The van der Waals surface area contributed by atoms with Crippen LogP contribution in [0.25, 0.3) is 0 Å². The lowest BCUT2D eigenvalue weighted by atomic mass is 10.2. The van der Waals surface area contributed by atoms with E-state index in [1.54, 1.807) is 35.8 Å². The minimum atomic E-state index is -3.95. The van der Waals surface area contributed by atoms with Crippen LogP contribution in [-0.2, 0) is 16.6 Å². The molecule has 2 aromatic carbocycles. The molecule has 0 aliphatic carbocycles. The first-order valence-corrected chi connectivity index (χ1v) is 9.41. The van der Waals surface area contributed by atoms with Gasteiger partial charge in [-0.05, 0) is 35.9 Å². The molecule has 1 heterocycles. The normalized spacial score (nSPS) is 11.4. The summed E-state index contributed by atoms with van der Waals surface area (Å²) in [6.07, 6.45) is 1.63. The molecule has 0 atom stereocenters. The number of nitrogens with one attached hydrogen (secondary N) is 1. The van der Waals surface area contributed by atoms with Crippen molar-refractivity contribution < 1.29 is 21.9 Å². The average Bonchev–Trinajstić information content (AvgIpc) is 3.10. The van der Waals surface area contributed by atoms with E-state index in [-0.39, 0.29) is 11.4 Å². The number of thiazole rings is 1. The third-order valence-electron chi connectivity index (χ3n) is 3.21. The van der Waals surface area contributed by atoms with E-state index in [0.717, 1.165) is 12.1 Å². The monoisotopic (exact) mass is 382 g/mol. The Labute approximate surface area is 147 Å². The van der Waals surface area contributed by atoms with Crippen LogP contribution in [0.4, 0.5) is 8.78 Å². The second-order valence-corrected chi connectivity index (χ2v) is 7.57. The fourth-order valence-electron chi connectivity index (χ4n) is 1.94. The number of benzene rings is 2. The third kappa shape index (κ3) is 4.38. The van der Waals surface area contributed by atoms with Crippen LogP contribution in [-0.4, -0.2) is 13.4 Å². The Morgan fingerprint density at radius 3 is 2.48 bits per heavy atom. The van der Waals surface area contributed by atoms with Crippen LogP contribution < -0.4 is 9.46 Å². The van der Waals surface area contributed by atoms with Crippen LogP contribution in [0, 0.1) is 11.6 Å². The molecular formula is C16H12F2N2O3S2. The summed E-state index contributed by atoms with van der Waals surface area (Å²) < 4.78 is 58.2. The van der Waals surface area contributed by atoms with E-state index in [1.807, 2.05) is 0 Å². The Hall–Kier alpha value is -2.36. The molecule has 25 heavy (non-hydrogen) atoms. The van der Waals surface area contributed by atoms with Gasteiger partial charge in [0.05, 0.1) is 4.90 Å². The quantitative estimate of drug-likeness (QED) is 0.706. The number of hydrogen-bond acceptors (Lipinski definition) is 5. The fourth-order valence-corrected chi connectivity index (χ4v) is 3.48. The summed E-state index contributed by atoms with van der Waals surface area (Å²) in [5.41, 5.74) is 0.678. The number of sulfonamides is 1. The van der Waals surface area contributed by atoms with Crippen molar-refractivity contribution in [3.05, 3.63) is 71.2 Å². The molecule has 3 rings (SSSR count). The molecule has 0 amide bonds. The summed E-state index contributed by atoms with van der Waals surface area (Å²) in [5.74, 6) is -1.75. The molecule has 0 saturated carbocycles. The molecule has 0 aliphatic rings. The van der Waals surface area contributed by atoms with Crippen molar-refractivity contribution in [1.29, 1.82) is 0 Å². The molecule has 1 aromatic heterocycles. The predicted molar refractivity (Wildman–Crippen MR) is 89.0 cm³/mol. The molecule has 0 unspecified atom stereocenters. The van der Waals surface area contributed by atoms with E-state index in [9.17, 15) is 17.2 Å². The van der Waals surface area contributed by atoms with Crippen LogP contribution in [0.5, 0.6) is 10.9 Å². The lowest BCUT2D eigenvalue weighted by Gasteiger charge is -2.08. The van der Waals surface area contributed by atoms with E-state index in [0.29, 0.717) is 22.6 Å². The molecule has 130 valence electrons. The SMILES string of the molecule is O=S(=O)(NCc1ccc(Oc2nccs2)cc1)c1ccc(F)c(F)c1. The highest BCUT2D eigenvalue weighted by molar-refractivity contribution is 7.89. The molecule has 5 nitrogen and oxygen atoms in total. The van der Waals surface area contributed by atoms with E-state index in [2.05, 4.69) is 9.71 Å². The van der Waals surface area contributed by atoms with Crippen molar-refractivity contribution in [2.24, 2.45) is 0 Å². The van der Waals surface area contributed by atoms with Gasteiger partial charge in [0, 0.05) is 18.1 Å². The number of hydrogen-bond donors (Lipinski definition) is 1. The maximum Gasteiger partial charge on any atom is 0.278 e. The number of rotatable bonds is 6. The van der Waals surface area contributed by atoms with Gasteiger partial charge < -0.3 is 4.74 Å². The van der Waals surface area contributed by atoms with Crippen molar-refractivity contribution in [2.75, 3.05) is 0 Å². The van der Waals surface area contributed by atoms with Gasteiger partial charge in [-0.25, -0.2) is 26.9 Å². The average molecular weight is 382 g/mol. The maximum atomic E-state index is 13.2. The van der Waals surface area contributed by atoms with E-state index < -0.39 is 21.7 Å². The molecule has 0 radical (unpaired) electrons. The molecule has 1 N–H and O–H groups in total. The number of nitrogens with zero attached hydrogens (tertiary/aromatic N) is 1. The molecule has 0 spiro atoms. The second kappa shape index (κ2) is 7.26. The number of halogens is 2. The van der Waals surface area contributed by atoms with E-state index in [4.69, 9.17) is 4.74 Å². The second-order valence-electron chi connectivity index (χ2n) is 4.94. The molecule has 0 aliphatic heterocycles. The minimum absolute atomic E-state index is 0.00113. The van der Waals surface area contributed by atoms with Gasteiger partial charge in [-0.3, -0.25) is 0 Å². The topological polar surface area (TPSA) is 68.3 Å². The first-order valence-electron chi connectivity index (χ1n) is 7.05. The molecule has 0 bridgehead atoms. The van der Waals surface area contributed by atoms with Crippen LogP contribution in [0.15, 0.2) is 58.9 Å². The lowest BCUT2D eigenvalue weighted by Crippen LogP contribution is -2.23. The third-order valence-corrected chi connectivity index (χ3v) is 5.25. The van der Waals surface area contributed by atoms with Gasteiger partial charge >= 0.3 is 0 Å². The smallest absolute Gasteiger partial charge is 0.278 e. The Kier molecular flexibility index (Phi) is 5.07. The standard InChI is InChI=1S/C16H12F2N2O3S2/c17-14-6-5-13(9-15(14)18)25(21,22)20-10-11-1-3-12(4-2-11)23-16-19-7-8-24-16/h1-9,20H,10H2. The van der Waals surface area contributed by atoms with Crippen molar-refractivity contribution in [3.8, 4) is 10.9 Å². The zero-order valence-electron chi connectivity index (χ0n) is 12.6. The van der Waals surface area contributed by atoms with Gasteiger partial charge in [0.2, 0.25) is 10.0 Å². The van der Waals surface area contributed by atoms with E-state index >= 15 is 0 Å². The summed E-state index contributed by atoms with van der Waals surface area (Å²) >= 11 is 1.35. The van der Waals surface area contributed by atoms with Crippen LogP contribution in [0.3, 0.4) is 0 Å². The molecule has 0 fully saturated rings. The molecular weight excluding hydrogens is 370 g/mol. The lowest BCUT2D eigenvalue weighted by molar-refractivity contribution is 0.478. The summed E-state index contributed by atoms with van der Waals surface area (Å²) in [6, 6.07) is 9.17.